The van der Waals surface area contributed by atoms with E-state index >= 15 is 0 Å². The molecule has 1 aromatic carbocycles. The Hall–Kier alpha value is -1.13. The lowest BCUT2D eigenvalue weighted by molar-refractivity contribution is 0.105. The highest BCUT2D eigenvalue weighted by atomic mass is 19.1. The van der Waals surface area contributed by atoms with E-state index in [1.54, 1.807) is 6.07 Å². The summed E-state index contributed by atoms with van der Waals surface area (Å²) in [6.07, 6.45) is 4.45. The molecule has 1 unspecified atom stereocenters. The van der Waals surface area contributed by atoms with Crippen molar-refractivity contribution in [3.63, 3.8) is 0 Å². The Morgan fingerprint density at radius 3 is 2.84 bits per heavy atom. The second kappa shape index (κ2) is 7.46. The number of nitrogens with two attached hydrogens (primary N) is 1. The molecule has 1 aliphatic heterocycles. The molecule has 2 N–H and O–H groups in total. The third kappa shape index (κ3) is 4.18. The lowest BCUT2D eigenvalue weighted by Gasteiger charge is -2.26. The van der Waals surface area contributed by atoms with Crippen molar-refractivity contribution >= 4 is 5.69 Å². The highest BCUT2D eigenvalue weighted by Crippen LogP contribution is 2.21. The monoisotopic (exact) mass is 266 g/mol. The van der Waals surface area contributed by atoms with E-state index in [4.69, 9.17) is 10.5 Å². The molecule has 1 fully saturated rings. The molecular formula is C15H23FN2O. The van der Waals surface area contributed by atoms with Crippen LogP contribution in [0.3, 0.4) is 0 Å². The average Bonchev–Trinajstić information content (AvgIpc) is 2.93. The molecule has 3 nitrogen and oxygen atoms in total. The van der Waals surface area contributed by atoms with Crippen LogP contribution in [0.15, 0.2) is 24.3 Å². The summed E-state index contributed by atoms with van der Waals surface area (Å²) in [5.41, 5.74) is 6.24. The number of para-hydroxylation sites is 1. The van der Waals surface area contributed by atoms with Gasteiger partial charge in [-0.3, -0.25) is 0 Å². The largest absolute Gasteiger partial charge is 0.378 e. The lowest BCUT2D eigenvalue weighted by Crippen LogP contribution is -2.30. The van der Waals surface area contributed by atoms with E-state index in [9.17, 15) is 4.39 Å². The third-order valence-corrected chi connectivity index (χ3v) is 3.57. The third-order valence-electron chi connectivity index (χ3n) is 3.57. The van der Waals surface area contributed by atoms with Crippen molar-refractivity contribution in [2.45, 2.75) is 31.8 Å². The second-order valence-corrected chi connectivity index (χ2v) is 5.00. The Morgan fingerprint density at radius 1 is 1.32 bits per heavy atom. The molecule has 19 heavy (non-hydrogen) atoms. The molecule has 1 aromatic rings. The number of hydrogen-bond donors (Lipinski definition) is 1. The van der Waals surface area contributed by atoms with Gasteiger partial charge < -0.3 is 15.4 Å². The molecule has 1 heterocycles. The lowest BCUT2D eigenvalue weighted by atomic mass is 10.1. The first-order valence-electron chi connectivity index (χ1n) is 7.12. The molecule has 0 aromatic heterocycles. The molecule has 1 saturated heterocycles. The number of ether oxygens (including phenoxy) is 1. The molecule has 2 rings (SSSR count). The minimum Gasteiger partial charge on any atom is -0.378 e. The van der Waals surface area contributed by atoms with Crippen LogP contribution in [0.1, 0.15) is 25.7 Å². The van der Waals surface area contributed by atoms with Crippen LogP contribution in [0.4, 0.5) is 10.1 Å². The molecule has 0 spiro atoms. The summed E-state index contributed by atoms with van der Waals surface area (Å²) in [4.78, 5) is 2.09. The van der Waals surface area contributed by atoms with E-state index in [2.05, 4.69) is 4.90 Å². The van der Waals surface area contributed by atoms with Crippen LogP contribution in [0, 0.1) is 5.82 Å². The molecule has 0 saturated carbocycles. The zero-order chi connectivity index (χ0) is 13.5. The Morgan fingerprint density at radius 2 is 2.16 bits per heavy atom. The smallest absolute Gasteiger partial charge is 0.146 e. The van der Waals surface area contributed by atoms with Crippen LogP contribution >= 0.6 is 0 Å². The normalized spacial score (nSPS) is 18.7. The molecule has 0 aliphatic carbocycles. The van der Waals surface area contributed by atoms with Gasteiger partial charge in [-0.05, 0) is 44.4 Å². The zero-order valence-corrected chi connectivity index (χ0v) is 11.4. The van der Waals surface area contributed by atoms with Crippen LogP contribution in [0.5, 0.6) is 0 Å². The van der Waals surface area contributed by atoms with Crippen LogP contribution in [0.2, 0.25) is 0 Å². The van der Waals surface area contributed by atoms with Crippen molar-refractivity contribution in [3.8, 4) is 0 Å². The van der Waals surface area contributed by atoms with E-state index in [0.717, 1.165) is 45.4 Å². The van der Waals surface area contributed by atoms with Crippen molar-refractivity contribution < 1.29 is 9.13 Å². The van der Waals surface area contributed by atoms with E-state index in [1.807, 2.05) is 12.1 Å². The van der Waals surface area contributed by atoms with Crippen molar-refractivity contribution in [1.82, 2.24) is 0 Å². The summed E-state index contributed by atoms with van der Waals surface area (Å²) < 4.78 is 19.5. The van der Waals surface area contributed by atoms with Crippen molar-refractivity contribution in [1.29, 1.82) is 0 Å². The maximum Gasteiger partial charge on any atom is 0.146 e. The molecule has 0 amide bonds. The summed E-state index contributed by atoms with van der Waals surface area (Å²) in [5.74, 6) is -0.160. The van der Waals surface area contributed by atoms with Crippen molar-refractivity contribution in [3.05, 3.63) is 30.1 Å². The molecular weight excluding hydrogens is 243 g/mol. The Bertz CT molecular complexity index is 380. The molecule has 1 aliphatic rings. The highest BCUT2D eigenvalue weighted by molar-refractivity contribution is 5.47. The van der Waals surface area contributed by atoms with E-state index in [1.165, 1.54) is 6.07 Å². The van der Waals surface area contributed by atoms with E-state index in [0.29, 0.717) is 18.3 Å². The Balaban J connectivity index is 1.96. The van der Waals surface area contributed by atoms with Gasteiger partial charge in [0.15, 0.2) is 0 Å². The van der Waals surface area contributed by atoms with Gasteiger partial charge in [0.25, 0.3) is 0 Å². The minimum atomic E-state index is -0.160. The predicted octanol–water partition coefficient (Wildman–Crippen LogP) is 2.55. The van der Waals surface area contributed by atoms with Crippen molar-refractivity contribution in [2.24, 2.45) is 5.73 Å². The summed E-state index contributed by atoms with van der Waals surface area (Å²) >= 11 is 0. The van der Waals surface area contributed by atoms with Crippen molar-refractivity contribution in [2.75, 3.05) is 31.1 Å². The van der Waals surface area contributed by atoms with Crippen LogP contribution in [0.25, 0.3) is 0 Å². The van der Waals surface area contributed by atoms with Gasteiger partial charge in [-0.2, -0.15) is 0 Å². The Kier molecular flexibility index (Phi) is 5.61. The first kappa shape index (κ1) is 14.3. The summed E-state index contributed by atoms with van der Waals surface area (Å²) in [6.45, 7) is 3.12. The molecule has 0 bridgehead atoms. The molecule has 4 heteroatoms. The number of nitrogens with zero attached hydrogens (tertiary/aromatic N) is 1. The van der Waals surface area contributed by atoms with Gasteiger partial charge in [-0.15, -0.1) is 0 Å². The topological polar surface area (TPSA) is 38.5 Å². The highest BCUT2D eigenvalue weighted by Gasteiger charge is 2.18. The number of hydrogen-bond acceptors (Lipinski definition) is 3. The zero-order valence-electron chi connectivity index (χ0n) is 11.4. The minimum absolute atomic E-state index is 0.160. The number of benzene rings is 1. The summed E-state index contributed by atoms with van der Waals surface area (Å²) in [7, 11) is 0. The summed E-state index contributed by atoms with van der Waals surface area (Å²) in [5, 5.41) is 0. The number of halogens is 1. The summed E-state index contributed by atoms with van der Waals surface area (Å²) in [6, 6.07) is 6.94. The van der Waals surface area contributed by atoms with Gasteiger partial charge in [-0.25, -0.2) is 4.39 Å². The van der Waals surface area contributed by atoms with Gasteiger partial charge in [0, 0.05) is 19.7 Å². The van der Waals surface area contributed by atoms with Gasteiger partial charge in [0.1, 0.15) is 5.82 Å². The first-order chi connectivity index (χ1) is 9.31. The fourth-order valence-electron chi connectivity index (χ4n) is 2.51. The Labute approximate surface area is 114 Å². The van der Waals surface area contributed by atoms with Gasteiger partial charge in [0.05, 0.1) is 11.8 Å². The molecule has 106 valence electrons. The second-order valence-electron chi connectivity index (χ2n) is 5.00. The fourth-order valence-corrected chi connectivity index (χ4v) is 2.51. The van der Waals surface area contributed by atoms with Crippen LogP contribution in [-0.2, 0) is 4.74 Å². The van der Waals surface area contributed by atoms with Gasteiger partial charge in [-0.1, -0.05) is 12.1 Å². The van der Waals surface area contributed by atoms with Gasteiger partial charge in [0.2, 0.25) is 0 Å². The first-order valence-corrected chi connectivity index (χ1v) is 7.12. The maximum absolute atomic E-state index is 13.9. The van der Waals surface area contributed by atoms with Gasteiger partial charge >= 0.3 is 0 Å². The predicted molar refractivity (Wildman–Crippen MR) is 75.9 cm³/mol. The van der Waals surface area contributed by atoms with Crippen LogP contribution < -0.4 is 10.6 Å². The fraction of sp³-hybridized carbons (Fsp3) is 0.600. The van der Waals surface area contributed by atoms with E-state index in [-0.39, 0.29) is 5.82 Å². The SMILES string of the molecule is NCCCN(CCC1CCCO1)c1ccccc1F. The maximum atomic E-state index is 13.9. The number of anilines is 1. The van der Waals surface area contributed by atoms with E-state index < -0.39 is 0 Å². The standard InChI is InChI=1S/C15H23FN2O/c16-14-6-1-2-7-15(14)18(10-4-9-17)11-8-13-5-3-12-19-13/h1-2,6-7,13H,3-5,8-12,17H2. The quantitative estimate of drug-likeness (QED) is 0.824. The molecule has 0 radical (unpaired) electrons. The number of rotatable bonds is 7. The average molecular weight is 266 g/mol. The molecule has 1 atom stereocenters. The van der Waals surface area contributed by atoms with Crippen LogP contribution in [-0.4, -0.2) is 32.3 Å².